The maximum absolute atomic E-state index is 12.0. The number of benzene rings is 1. The standard InChI is InChI=1S/C15H21N3O2.ClH/c1-11(16)15(20)18-9-7-13(8-10-18)17-14(19)12-5-3-2-4-6-12;/h2-6,11,13H,7-10,16H2,1H3,(H,17,19);1H/t11-;/m1./s1. The molecule has 2 rings (SSSR count). The summed E-state index contributed by atoms with van der Waals surface area (Å²) in [6, 6.07) is 8.84. The number of amides is 2. The minimum absolute atomic E-state index is 0. The molecule has 116 valence electrons. The minimum atomic E-state index is -0.453. The number of rotatable bonds is 3. The van der Waals surface area contributed by atoms with Crippen molar-refractivity contribution < 1.29 is 9.59 Å². The van der Waals surface area contributed by atoms with Gasteiger partial charge in [-0.25, -0.2) is 0 Å². The first-order chi connectivity index (χ1) is 9.58. The zero-order valence-electron chi connectivity index (χ0n) is 12.1. The van der Waals surface area contributed by atoms with Crippen molar-refractivity contribution in [2.45, 2.75) is 31.8 Å². The lowest BCUT2D eigenvalue weighted by Crippen LogP contribution is -2.50. The molecule has 0 aromatic heterocycles. The Hall–Kier alpha value is -1.59. The van der Waals surface area contributed by atoms with Crippen molar-refractivity contribution >= 4 is 24.2 Å². The van der Waals surface area contributed by atoms with Crippen molar-refractivity contribution in [3.63, 3.8) is 0 Å². The van der Waals surface area contributed by atoms with E-state index in [4.69, 9.17) is 5.73 Å². The van der Waals surface area contributed by atoms with Gasteiger partial charge in [-0.1, -0.05) is 18.2 Å². The first-order valence-corrected chi connectivity index (χ1v) is 6.98. The Labute approximate surface area is 131 Å². The van der Waals surface area contributed by atoms with Crippen LogP contribution in [-0.2, 0) is 4.79 Å². The summed E-state index contributed by atoms with van der Waals surface area (Å²) < 4.78 is 0. The molecule has 0 saturated carbocycles. The van der Waals surface area contributed by atoms with Crippen LogP contribution in [0, 0.1) is 0 Å². The second kappa shape index (κ2) is 8.00. The van der Waals surface area contributed by atoms with Gasteiger partial charge in [0, 0.05) is 24.7 Å². The highest BCUT2D eigenvalue weighted by Gasteiger charge is 2.25. The number of nitrogens with two attached hydrogens (primary N) is 1. The third-order valence-corrected chi connectivity index (χ3v) is 3.57. The third kappa shape index (κ3) is 4.72. The monoisotopic (exact) mass is 311 g/mol. The van der Waals surface area contributed by atoms with E-state index >= 15 is 0 Å². The third-order valence-electron chi connectivity index (χ3n) is 3.57. The highest BCUT2D eigenvalue weighted by Crippen LogP contribution is 2.12. The lowest BCUT2D eigenvalue weighted by molar-refractivity contribution is -0.133. The molecule has 3 N–H and O–H groups in total. The molecular weight excluding hydrogens is 290 g/mol. The fraction of sp³-hybridized carbons (Fsp3) is 0.467. The molecule has 0 bridgehead atoms. The summed E-state index contributed by atoms with van der Waals surface area (Å²) in [5.74, 6) is -0.0691. The van der Waals surface area contributed by atoms with Gasteiger partial charge in [-0.15, -0.1) is 12.4 Å². The van der Waals surface area contributed by atoms with Gasteiger partial charge in [-0.3, -0.25) is 9.59 Å². The number of likely N-dealkylation sites (tertiary alicyclic amines) is 1. The molecule has 1 aliphatic rings. The molecule has 0 spiro atoms. The summed E-state index contributed by atoms with van der Waals surface area (Å²) in [5, 5.41) is 3.02. The summed E-state index contributed by atoms with van der Waals surface area (Å²) in [4.78, 5) is 25.6. The molecule has 1 aromatic carbocycles. The van der Waals surface area contributed by atoms with Crippen LogP contribution in [0.25, 0.3) is 0 Å². The van der Waals surface area contributed by atoms with Crippen molar-refractivity contribution in [3.05, 3.63) is 35.9 Å². The molecule has 1 heterocycles. The molecule has 21 heavy (non-hydrogen) atoms. The Morgan fingerprint density at radius 1 is 1.24 bits per heavy atom. The zero-order valence-corrected chi connectivity index (χ0v) is 12.9. The first kappa shape index (κ1) is 17.5. The second-order valence-electron chi connectivity index (χ2n) is 5.23. The van der Waals surface area contributed by atoms with E-state index in [1.54, 1.807) is 24.0 Å². The largest absolute Gasteiger partial charge is 0.349 e. The van der Waals surface area contributed by atoms with Gasteiger partial charge in [0.1, 0.15) is 0 Å². The maximum atomic E-state index is 12.0. The van der Waals surface area contributed by atoms with Crippen LogP contribution in [0.1, 0.15) is 30.1 Å². The maximum Gasteiger partial charge on any atom is 0.251 e. The van der Waals surface area contributed by atoms with Crippen LogP contribution in [-0.4, -0.2) is 41.9 Å². The van der Waals surface area contributed by atoms with Crippen LogP contribution < -0.4 is 11.1 Å². The Balaban J connectivity index is 0.00000220. The number of nitrogens with zero attached hydrogens (tertiary/aromatic N) is 1. The van der Waals surface area contributed by atoms with Crippen LogP contribution >= 0.6 is 12.4 Å². The zero-order chi connectivity index (χ0) is 14.5. The van der Waals surface area contributed by atoms with Gasteiger partial charge in [0.05, 0.1) is 6.04 Å². The van der Waals surface area contributed by atoms with Gasteiger partial charge < -0.3 is 16.0 Å². The Kier molecular flexibility index (Phi) is 6.65. The minimum Gasteiger partial charge on any atom is -0.349 e. The molecule has 0 radical (unpaired) electrons. The summed E-state index contributed by atoms with van der Waals surface area (Å²) in [6.45, 7) is 3.01. The van der Waals surface area contributed by atoms with Crippen molar-refractivity contribution in [1.82, 2.24) is 10.2 Å². The van der Waals surface area contributed by atoms with Gasteiger partial charge in [-0.2, -0.15) is 0 Å². The topological polar surface area (TPSA) is 75.4 Å². The molecule has 0 unspecified atom stereocenters. The van der Waals surface area contributed by atoms with E-state index in [1.807, 2.05) is 18.2 Å². The molecule has 5 nitrogen and oxygen atoms in total. The molecule has 1 fully saturated rings. The number of carbonyl (C=O) groups excluding carboxylic acids is 2. The number of halogens is 1. The Morgan fingerprint density at radius 2 is 1.81 bits per heavy atom. The average Bonchev–Trinajstić information content (AvgIpc) is 2.48. The quantitative estimate of drug-likeness (QED) is 0.880. The lowest BCUT2D eigenvalue weighted by Gasteiger charge is -2.33. The molecule has 1 aliphatic heterocycles. The van der Waals surface area contributed by atoms with Crippen LogP contribution in [0.4, 0.5) is 0 Å². The molecule has 6 heteroatoms. The van der Waals surface area contributed by atoms with Gasteiger partial charge in [0.25, 0.3) is 5.91 Å². The molecule has 2 amide bonds. The van der Waals surface area contributed by atoms with E-state index in [-0.39, 0.29) is 30.3 Å². The number of hydrogen-bond donors (Lipinski definition) is 2. The van der Waals surface area contributed by atoms with Crippen molar-refractivity contribution in [3.8, 4) is 0 Å². The van der Waals surface area contributed by atoms with E-state index in [0.29, 0.717) is 18.7 Å². The lowest BCUT2D eigenvalue weighted by atomic mass is 10.0. The summed E-state index contributed by atoms with van der Waals surface area (Å²) in [6.07, 6.45) is 1.55. The Bertz CT molecular complexity index is 471. The van der Waals surface area contributed by atoms with E-state index in [2.05, 4.69) is 5.32 Å². The van der Waals surface area contributed by atoms with Crippen LogP contribution in [0.3, 0.4) is 0 Å². The molecular formula is C15H22ClN3O2. The summed E-state index contributed by atoms with van der Waals surface area (Å²) >= 11 is 0. The average molecular weight is 312 g/mol. The predicted octanol–water partition coefficient (Wildman–Crippen LogP) is 1.18. The van der Waals surface area contributed by atoms with Gasteiger partial charge >= 0.3 is 0 Å². The van der Waals surface area contributed by atoms with Crippen LogP contribution in [0.15, 0.2) is 30.3 Å². The number of piperidine rings is 1. The van der Waals surface area contributed by atoms with Crippen LogP contribution in [0.2, 0.25) is 0 Å². The van der Waals surface area contributed by atoms with Crippen molar-refractivity contribution in [2.24, 2.45) is 5.73 Å². The van der Waals surface area contributed by atoms with E-state index in [9.17, 15) is 9.59 Å². The fourth-order valence-electron chi connectivity index (χ4n) is 2.39. The predicted molar refractivity (Wildman–Crippen MR) is 84.4 cm³/mol. The summed E-state index contributed by atoms with van der Waals surface area (Å²) in [5.41, 5.74) is 6.27. The van der Waals surface area contributed by atoms with Gasteiger partial charge in [0.2, 0.25) is 5.91 Å². The molecule has 0 aliphatic carbocycles. The van der Waals surface area contributed by atoms with Crippen molar-refractivity contribution in [1.29, 1.82) is 0 Å². The fourth-order valence-corrected chi connectivity index (χ4v) is 2.39. The molecule has 1 aromatic rings. The summed E-state index contributed by atoms with van der Waals surface area (Å²) in [7, 11) is 0. The smallest absolute Gasteiger partial charge is 0.251 e. The van der Waals surface area contributed by atoms with Gasteiger partial charge in [-0.05, 0) is 31.9 Å². The molecule has 1 atom stereocenters. The highest BCUT2D eigenvalue weighted by atomic mass is 35.5. The van der Waals surface area contributed by atoms with E-state index in [1.165, 1.54) is 0 Å². The number of nitrogens with one attached hydrogen (secondary N) is 1. The SMILES string of the molecule is C[C@@H](N)C(=O)N1CCC(NC(=O)c2ccccc2)CC1.Cl. The number of carbonyl (C=O) groups is 2. The second-order valence-corrected chi connectivity index (χ2v) is 5.23. The normalized spacial score (nSPS) is 16.8. The van der Waals surface area contributed by atoms with Crippen LogP contribution in [0.5, 0.6) is 0 Å². The molecule has 1 saturated heterocycles. The van der Waals surface area contributed by atoms with E-state index in [0.717, 1.165) is 12.8 Å². The van der Waals surface area contributed by atoms with Crippen molar-refractivity contribution in [2.75, 3.05) is 13.1 Å². The Morgan fingerprint density at radius 3 is 2.33 bits per heavy atom. The first-order valence-electron chi connectivity index (χ1n) is 6.98. The highest BCUT2D eigenvalue weighted by molar-refractivity contribution is 5.94. The van der Waals surface area contributed by atoms with E-state index < -0.39 is 6.04 Å². The number of hydrogen-bond acceptors (Lipinski definition) is 3. The van der Waals surface area contributed by atoms with Gasteiger partial charge in [0.15, 0.2) is 0 Å².